The molecule has 0 bridgehead atoms. The Balaban J connectivity index is 1.25. The van der Waals surface area contributed by atoms with E-state index in [4.69, 9.17) is 0 Å². The molecule has 33 heavy (non-hydrogen) atoms. The van der Waals surface area contributed by atoms with Gasteiger partial charge in [0.2, 0.25) is 11.8 Å². The molecule has 4 nitrogen and oxygen atoms in total. The van der Waals surface area contributed by atoms with E-state index in [1.54, 1.807) is 0 Å². The second-order valence-electron chi connectivity index (χ2n) is 8.34. The summed E-state index contributed by atoms with van der Waals surface area (Å²) >= 11 is 0. The van der Waals surface area contributed by atoms with E-state index in [9.17, 15) is 9.59 Å². The highest BCUT2D eigenvalue weighted by molar-refractivity contribution is 5.94. The van der Waals surface area contributed by atoms with Crippen LogP contribution in [-0.4, -0.2) is 11.8 Å². The summed E-state index contributed by atoms with van der Waals surface area (Å²) in [5.41, 5.74) is 8.29. The standard InChI is InChI=1S/C29H24N2O2/c32-28(15-20-7-3-1-4-8-20)30-24-11-13-26-22(18-24)17-23-19-25(12-14-27(23)26)31-29(33)16-21-9-5-2-6-10-21/h1-14,18-19H,15-17H2,(H,30,32)(H,31,33). The van der Waals surface area contributed by atoms with E-state index in [0.717, 1.165) is 28.9 Å². The van der Waals surface area contributed by atoms with Crippen LogP contribution in [0.5, 0.6) is 0 Å². The summed E-state index contributed by atoms with van der Waals surface area (Å²) in [6.45, 7) is 0. The Kier molecular flexibility index (Phi) is 5.73. The van der Waals surface area contributed by atoms with Crippen molar-refractivity contribution >= 4 is 23.2 Å². The van der Waals surface area contributed by atoms with Crippen molar-refractivity contribution in [2.45, 2.75) is 19.3 Å². The zero-order valence-electron chi connectivity index (χ0n) is 18.2. The number of hydrogen-bond donors (Lipinski definition) is 2. The average molecular weight is 433 g/mol. The van der Waals surface area contributed by atoms with Crippen molar-refractivity contribution in [3.63, 3.8) is 0 Å². The van der Waals surface area contributed by atoms with Crippen LogP contribution < -0.4 is 10.6 Å². The second kappa shape index (κ2) is 9.13. The summed E-state index contributed by atoms with van der Waals surface area (Å²) in [5.74, 6) is -0.0554. The number of amides is 2. The number of fused-ring (bicyclic) bond motifs is 3. The minimum atomic E-state index is -0.0277. The number of rotatable bonds is 6. The SMILES string of the molecule is O=C(Cc1ccccc1)Nc1ccc2c(c1)Cc1cc(NC(=O)Cc3ccccc3)ccc1-2. The molecular formula is C29H24N2O2. The molecular weight excluding hydrogens is 408 g/mol. The van der Waals surface area contributed by atoms with Gasteiger partial charge in [-0.3, -0.25) is 9.59 Å². The zero-order chi connectivity index (χ0) is 22.6. The van der Waals surface area contributed by atoms with Gasteiger partial charge in [0.05, 0.1) is 12.8 Å². The van der Waals surface area contributed by atoms with Crippen LogP contribution in [-0.2, 0) is 28.9 Å². The van der Waals surface area contributed by atoms with E-state index in [1.807, 2.05) is 84.9 Å². The largest absolute Gasteiger partial charge is 0.326 e. The van der Waals surface area contributed by atoms with E-state index in [0.29, 0.717) is 12.8 Å². The van der Waals surface area contributed by atoms with Crippen molar-refractivity contribution in [3.05, 3.63) is 119 Å². The Morgan fingerprint density at radius 1 is 0.576 bits per heavy atom. The van der Waals surface area contributed by atoms with Crippen LogP contribution >= 0.6 is 0 Å². The minimum absolute atomic E-state index is 0.0277. The summed E-state index contributed by atoms with van der Waals surface area (Å²) in [6, 6.07) is 31.6. The van der Waals surface area contributed by atoms with Crippen LogP contribution in [0.25, 0.3) is 11.1 Å². The molecule has 0 unspecified atom stereocenters. The highest BCUT2D eigenvalue weighted by Crippen LogP contribution is 2.39. The van der Waals surface area contributed by atoms with Gasteiger partial charge in [-0.2, -0.15) is 0 Å². The first-order valence-electron chi connectivity index (χ1n) is 11.1. The summed E-state index contributed by atoms with van der Waals surface area (Å²) in [6.07, 6.45) is 1.48. The quantitative estimate of drug-likeness (QED) is 0.366. The first-order valence-corrected chi connectivity index (χ1v) is 11.1. The molecule has 0 aromatic heterocycles. The fourth-order valence-corrected chi connectivity index (χ4v) is 4.34. The molecule has 0 aliphatic heterocycles. The summed E-state index contributed by atoms with van der Waals surface area (Å²) < 4.78 is 0. The van der Waals surface area contributed by atoms with Crippen LogP contribution in [0.3, 0.4) is 0 Å². The highest BCUT2D eigenvalue weighted by Gasteiger charge is 2.20. The maximum absolute atomic E-state index is 12.4. The topological polar surface area (TPSA) is 58.2 Å². The van der Waals surface area contributed by atoms with Gasteiger partial charge in [0, 0.05) is 11.4 Å². The van der Waals surface area contributed by atoms with Gasteiger partial charge in [-0.25, -0.2) is 0 Å². The third-order valence-corrected chi connectivity index (χ3v) is 5.86. The van der Waals surface area contributed by atoms with Crippen LogP contribution in [0.2, 0.25) is 0 Å². The smallest absolute Gasteiger partial charge is 0.228 e. The molecule has 0 atom stereocenters. The Hall–Kier alpha value is -4.18. The number of carbonyl (C=O) groups excluding carboxylic acids is 2. The van der Waals surface area contributed by atoms with Crippen molar-refractivity contribution in [1.29, 1.82) is 0 Å². The van der Waals surface area contributed by atoms with Crippen LogP contribution in [0.15, 0.2) is 97.1 Å². The minimum Gasteiger partial charge on any atom is -0.326 e. The van der Waals surface area contributed by atoms with E-state index in [1.165, 1.54) is 22.3 Å². The number of anilines is 2. The lowest BCUT2D eigenvalue weighted by Crippen LogP contribution is -2.14. The van der Waals surface area contributed by atoms with E-state index < -0.39 is 0 Å². The molecule has 5 rings (SSSR count). The highest BCUT2D eigenvalue weighted by atomic mass is 16.2. The maximum atomic E-state index is 12.4. The fraction of sp³-hybridized carbons (Fsp3) is 0.103. The molecule has 2 N–H and O–H groups in total. The lowest BCUT2D eigenvalue weighted by atomic mass is 10.0. The molecule has 4 aromatic rings. The molecule has 4 heteroatoms. The van der Waals surface area contributed by atoms with Gasteiger partial charge in [0.1, 0.15) is 0 Å². The first kappa shape index (κ1) is 20.7. The molecule has 1 aliphatic carbocycles. The number of benzene rings is 4. The van der Waals surface area contributed by atoms with E-state index in [-0.39, 0.29) is 11.8 Å². The fourth-order valence-electron chi connectivity index (χ4n) is 4.34. The predicted octanol–water partition coefficient (Wildman–Crippen LogP) is 5.62. The molecule has 0 saturated carbocycles. The number of nitrogens with one attached hydrogen (secondary N) is 2. The van der Waals surface area contributed by atoms with Crippen LogP contribution in [0.4, 0.5) is 11.4 Å². The van der Waals surface area contributed by atoms with Crippen molar-refractivity contribution in [3.8, 4) is 11.1 Å². The third-order valence-electron chi connectivity index (χ3n) is 5.86. The molecule has 0 fully saturated rings. The molecule has 0 radical (unpaired) electrons. The van der Waals surface area contributed by atoms with Gasteiger partial charge < -0.3 is 10.6 Å². The Morgan fingerprint density at radius 2 is 1.00 bits per heavy atom. The Morgan fingerprint density at radius 3 is 1.42 bits per heavy atom. The van der Waals surface area contributed by atoms with E-state index in [2.05, 4.69) is 22.8 Å². The van der Waals surface area contributed by atoms with Crippen LogP contribution in [0.1, 0.15) is 22.3 Å². The zero-order valence-corrected chi connectivity index (χ0v) is 18.2. The van der Waals surface area contributed by atoms with Crippen molar-refractivity contribution < 1.29 is 9.59 Å². The van der Waals surface area contributed by atoms with Crippen LogP contribution in [0, 0.1) is 0 Å². The normalized spacial score (nSPS) is 11.4. The maximum Gasteiger partial charge on any atom is 0.228 e. The van der Waals surface area contributed by atoms with Crippen molar-refractivity contribution in [1.82, 2.24) is 0 Å². The second-order valence-corrected chi connectivity index (χ2v) is 8.34. The Bertz CT molecular complexity index is 1210. The third kappa shape index (κ3) is 4.85. The molecule has 162 valence electrons. The first-order chi connectivity index (χ1) is 16.1. The predicted molar refractivity (Wildman–Crippen MR) is 132 cm³/mol. The summed E-state index contributed by atoms with van der Waals surface area (Å²) in [5, 5.41) is 6.02. The number of hydrogen-bond acceptors (Lipinski definition) is 2. The molecule has 0 heterocycles. The van der Waals surface area contributed by atoms with Gasteiger partial charge in [0.25, 0.3) is 0 Å². The summed E-state index contributed by atoms with van der Waals surface area (Å²) in [7, 11) is 0. The Labute approximate surface area is 193 Å². The van der Waals surface area contributed by atoms with Gasteiger partial charge >= 0.3 is 0 Å². The molecule has 0 spiro atoms. The van der Waals surface area contributed by atoms with Crippen molar-refractivity contribution in [2.75, 3.05) is 10.6 Å². The van der Waals surface area contributed by atoms with Crippen molar-refractivity contribution in [2.24, 2.45) is 0 Å². The monoisotopic (exact) mass is 432 g/mol. The van der Waals surface area contributed by atoms with Gasteiger partial charge in [-0.1, -0.05) is 72.8 Å². The van der Waals surface area contributed by atoms with Gasteiger partial charge in [-0.15, -0.1) is 0 Å². The van der Waals surface area contributed by atoms with E-state index >= 15 is 0 Å². The lowest BCUT2D eigenvalue weighted by Gasteiger charge is -2.09. The molecule has 4 aromatic carbocycles. The molecule has 2 amide bonds. The summed E-state index contributed by atoms with van der Waals surface area (Å²) in [4.78, 5) is 24.9. The van der Waals surface area contributed by atoms with Gasteiger partial charge in [0.15, 0.2) is 0 Å². The molecule has 0 saturated heterocycles. The molecule has 1 aliphatic rings. The average Bonchev–Trinajstić information content (AvgIpc) is 3.17. The van der Waals surface area contributed by atoms with Gasteiger partial charge in [-0.05, 0) is 64.1 Å². The number of carbonyl (C=O) groups is 2. The lowest BCUT2D eigenvalue weighted by molar-refractivity contribution is -0.116.